The summed E-state index contributed by atoms with van der Waals surface area (Å²) in [6.45, 7) is 5.23. The van der Waals surface area contributed by atoms with Crippen molar-refractivity contribution in [1.29, 1.82) is 0 Å². The predicted molar refractivity (Wildman–Crippen MR) is 77.3 cm³/mol. The van der Waals surface area contributed by atoms with Crippen molar-refractivity contribution in [3.05, 3.63) is 24.0 Å². The molecule has 1 aliphatic carbocycles. The minimum absolute atomic E-state index is 0.575. The zero-order valence-electron chi connectivity index (χ0n) is 12.2. The van der Waals surface area contributed by atoms with Crippen LogP contribution in [0.4, 0.5) is 0 Å². The van der Waals surface area contributed by atoms with Crippen LogP contribution in [0.5, 0.6) is 0 Å². The summed E-state index contributed by atoms with van der Waals surface area (Å²) in [5.41, 5.74) is 2.12. The van der Waals surface area contributed by atoms with Gasteiger partial charge in [0.25, 0.3) is 0 Å². The second-order valence-corrected chi connectivity index (χ2v) is 5.42. The number of aromatic nitrogens is 5. The van der Waals surface area contributed by atoms with Gasteiger partial charge in [0.15, 0.2) is 11.6 Å². The molecule has 0 bridgehead atoms. The Kier molecular flexibility index (Phi) is 3.76. The first-order chi connectivity index (χ1) is 9.83. The maximum atomic E-state index is 4.78. The highest BCUT2D eigenvalue weighted by Crippen LogP contribution is 2.39. The van der Waals surface area contributed by atoms with E-state index in [1.807, 2.05) is 10.9 Å². The highest BCUT2D eigenvalue weighted by Gasteiger charge is 2.29. The zero-order chi connectivity index (χ0) is 13.9. The largest absolute Gasteiger partial charge is 0.245 e. The Morgan fingerprint density at radius 2 is 2.10 bits per heavy atom. The number of rotatable bonds is 6. The number of aryl methyl sites for hydroxylation is 2. The van der Waals surface area contributed by atoms with Crippen LogP contribution in [-0.4, -0.2) is 24.7 Å². The van der Waals surface area contributed by atoms with Crippen LogP contribution in [0.1, 0.15) is 57.0 Å². The minimum Gasteiger partial charge on any atom is -0.245 e. The van der Waals surface area contributed by atoms with Gasteiger partial charge in [-0.15, -0.1) is 0 Å². The predicted octanol–water partition coefficient (Wildman–Crippen LogP) is 2.98. The molecule has 0 amide bonds. The summed E-state index contributed by atoms with van der Waals surface area (Å²) in [7, 11) is 0. The number of hydrogen-bond acceptors (Lipinski definition) is 4. The van der Waals surface area contributed by atoms with Gasteiger partial charge in [0.1, 0.15) is 6.33 Å². The van der Waals surface area contributed by atoms with Crippen molar-refractivity contribution < 1.29 is 0 Å². The van der Waals surface area contributed by atoms with Gasteiger partial charge in [-0.2, -0.15) is 5.10 Å². The summed E-state index contributed by atoms with van der Waals surface area (Å²) in [6, 6.07) is 0. The molecule has 5 heteroatoms. The Balaban J connectivity index is 2.03. The van der Waals surface area contributed by atoms with Crippen LogP contribution in [-0.2, 0) is 13.0 Å². The lowest BCUT2D eigenvalue weighted by molar-refractivity contribution is 0.599. The summed E-state index contributed by atoms with van der Waals surface area (Å²) in [6.07, 6.45) is 9.03. The van der Waals surface area contributed by atoms with Crippen molar-refractivity contribution in [2.45, 2.75) is 58.4 Å². The number of nitrogens with zero attached hydrogens (tertiary/aromatic N) is 5. The fourth-order valence-electron chi connectivity index (χ4n) is 2.42. The van der Waals surface area contributed by atoms with Crippen LogP contribution in [0.2, 0.25) is 0 Å². The van der Waals surface area contributed by atoms with E-state index in [0.717, 1.165) is 48.7 Å². The molecule has 0 aromatic carbocycles. The van der Waals surface area contributed by atoms with E-state index >= 15 is 0 Å². The molecule has 0 atom stereocenters. The number of hydrogen-bond donors (Lipinski definition) is 0. The third-order valence-corrected chi connectivity index (χ3v) is 3.59. The van der Waals surface area contributed by atoms with Crippen molar-refractivity contribution in [2.24, 2.45) is 0 Å². The fourth-order valence-corrected chi connectivity index (χ4v) is 2.42. The van der Waals surface area contributed by atoms with Crippen LogP contribution < -0.4 is 0 Å². The van der Waals surface area contributed by atoms with Gasteiger partial charge in [-0.1, -0.05) is 20.3 Å². The van der Waals surface area contributed by atoms with Crippen LogP contribution in [0.25, 0.3) is 11.4 Å². The molecule has 2 aromatic heterocycles. The molecule has 2 aromatic rings. The van der Waals surface area contributed by atoms with E-state index in [1.165, 1.54) is 12.8 Å². The highest BCUT2D eigenvalue weighted by atomic mass is 15.4. The lowest BCUT2D eigenvalue weighted by Gasteiger charge is -2.07. The monoisotopic (exact) mass is 271 g/mol. The van der Waals surface area contributed by atoms with Crippen LogP contribution in [0.15, 0.2) is 12.5 Å². The molecule has 0 radical (unpaired) electrons. The zero-order valence-corrected chi connectivity index (χ0v) is 12.2. The first kappa shape index (κ1) is 13.2. The molecule has 20 heavy (non-hydrogen) atoms. The molecule has 2 heterocycles. The summed E-state index contributed by atoms with van der Waals surface area (Å²) in [4.78, 5) is 13.4. The molecule has 1 saturated carbocycles. The first-order valence-corrected chi connectivity index (χ1v) is 7.57. The SMILES string of the molecule is CCCc1ncncc1-c1nc(C2CC2)nn1CCC. The molecule has 1 aliphatic rings. The van der Waals surface area contributed by atoms with Crippen molar-refractivity contribution in [2.75, 3.05) is 0 Å². The van der Waals surface area contributed by atoms with E-state index in [-0.39, 0.29) is 0 Å². The van der Waals surface area contributed by atoms with E-state index in [1.54, 1.807) is 6.33 Å². The van der Waals surface area contributed by atoms with Crippen LogP contribution in [0.3, 0.4) is 0 Å². The third-order valence-electron chi connectivity index (χ3n) is 3.59. The molecule has 5 nitrogen and oxygen atoms in total. The fraction of sp³-hybridized carbons (Fsp3) is 0.600. The summed E-state index contributed by atoms with van der Waals surface area (Å²) in [5.74, 6) is 2.52. The third kappa shape index (κ3) is 2.57. The molecular formula is C15H21N5. The lowest BCUT2D eigenvalue weighted by Crippen LogP contribution is -2.05. The van der Waals surface area contributed by atoms with Crippen molar-refractivity contribution >= 4 is 0 Å². The molecule has 0 unspecified atom stereocenters. The average Bonchev–Trinajstić information content (AvgIpc) is 3.23. The Labute approximate surface area is 119 Å². The molecule has 0 N–H and O–H groups in total. The Morgan fingerprint density at radius 3 is 2.80 bits per heavy atom. The summed E-state index contributed by atoms with van der Waals surface area (Å²) < 4.78 is 2.03. The van der Waals surface area contributed by atoms with Gasteiger partial charge in [-0.05, 0) is 25.7 Å². The second kappa shape index (κ2) is 5.69. The molecule has 0 aliphatic heterocycles. The highest BCUT2D eigenvalue weighted by molar-refractivity contribution is 5.57. The van der Waals surface area contributed by atoms with Gasteiger partial charge in [0.2, 0.25) is 0 Å². The standard InChI is InChI=1S/C15H21N5/c1-3-5-13-12(9-16-10-17-13)15-18-14(11-6-7-11)19-20(15)8-4-2/h9-11H,3-8H2,1-2H3. The summed E-state index contributed by atoms with van der Waals surface area (Å²) >= 11 is 0. The van der Waals surface area contributed by atoms with E-state index in [0.29, 0.717) is 5.92 Å². The van der Waals surface area contributed by atoms with Gasteiger partial charge in [-0.3, -0.25) is 0 Å². The Hall–Kier alpha value is -1.78. The van der Waals surface area contributed by atoms with Crippen molar-refractivity contribution in [3.63, 3.8) is 0 Å². The van der Waals surface area contributed by atoms with E-state index in [4.69, 9.17) is 4.98 Å². The van der Waals surface area contributed by atoms with Gasteiger partial charge in [0.05, 0.1) is 11.3 Å². The lowest BCUT2D eigenvalue weighted by atomic mass is 10.1. The molecule has 106 valence electrons. The van der Waals surface area contributed by atoms with E-state index in [2.05, 4.69) is 28.9 Å². The van der Waals surface area contributed by atoms with Gasteiger partial charge in [-0.25, -0.2) is 19.6 Å². The van der Waals surface area contributed by atoms with Gasteiger partial charge < -0.3 is 0 Å². The van der Waals surface area contributed by atoms with E-state index in [9.17, 15) is 0 Å². The smallest absolute Gasteiger partial charge is 0.161 e. The molecule has 0 spiro atoms. The normalized spacial score (nSPS) is 14.7. The Morgan fingerprint density at radius 1 is 1.25 bits per heavy atom. The maximum Gasteiger partial charge on any atom is 0.161 e. The van der Waals surface area contributed by atoms with Crippen LogP contribution in [0, 0.1) is 0 Å². The molecule has 0 saturated heterocycles. The summed E-state index contributed by atoms with van der Waals surface area (Å²) in [5, 5.41) is 4.69. The van der Waals surface area contributed by atoms with Crippen LogP contribution >= 0.6 is 0 Å². The molecule has 3 rings (SSSR count). The first-order valence-electron chi connectivity index (χ1n) is 7.57. The topological polar surface area (TPSA) is 56.5 Å². The average molecular weight is 271 g/mol. The van der Waals surface area contributed by atoms with Crippen molar-refractivity contribution in [3.8, 4) is 11.4 Å². The molecule has 1 fully saturated rings. The van der Waals surface area contributed by atoms with E-state index < -0.39 is 0 Å². The minimum atomic E-state index is 0.575. The maximum absolute atomic E-state index is 4.78. The van der Waals surface area contributed by atoms with Crippen molar-refractivity contribution in [1.82, 2.24) is 24.7 Å². The van der Waals surface area contributed by atoms with Gasteiger partial charge >= 0.3 is 0 Å². The molecular weight excluding hydrogens is 250 g/mol. The Bertz CT molecular complexity index is 586. The van der Waals surface area contributed by atoms with Gasteiger partial charge in [0, 0.05) is 18.7 Å². The quantitative estimate of drug-likeness (QED) is 0.810. The second-order valence-electron chi connectivity index (χ2n) is 5.42.